The van der Waals surface area contributed by atoms with Crippen LogP contribution in [0.1, 0.15) is 50.7 Å². The van der Waals surface area contributed by atoms with Crippen molar-refractivity contribution in [2.75, 3.05) is 0 Å². The Labute approximate surface area is 105 Å². The van der Waals surface area contributed by atoms with E-state index in [1.165, 1.54) is 6.07 Å². The van der Waals surface area contributed by atoms with Crippen LogP contribution >= 0.6 is 0 Å². The topological polar surface area (TPSA) is 9.23 Å². The van der Waals surface area contributed by atoms with Crippen LogP contribution in [0.5, 0.6) is 5.75 Å². The highest BCUT2D eigenvalue weighted by Gasteiger charge is 2.34. The van der Waals surface area contributed by atoms with Crippen molar-refractivity contribution in [1.29, 1.82) is 0 Å². The molecular weight excluding hydrogens is 241 g/mol. The van der Waals surface area contributed by atoms with Gasteiger partial charge >= 0.3 is 6.36 Å². The zero-order valence-corrected chi connectivity index (χ0v) is 10.8. The molecular formula is C14H17F3O. The molecule has 1 aromatic rings. The lowest BCUT2D eigenvalue weighted by Crippen LogP contribution is -2.18. The van der Waals surface area contributed by atoms with Crippen molar-refractivity contribution >= 4 is 0 Å². The second kappa shape index (κ2) is 4.18. The van der Waals surface area contributed by atoms with Gasteiger partial charge in [-0.2, -0.15) is 0 Å². The third kappa shape index (κ3) is 3.18. The van der Waals surface area contributed by atoms with Crippen LogP contribution in [0.4, 0.5) is 13.2 Å². The molecule has 1 nitrogen and oxygen atoms in total. The van der Waals surface area contributed by atoms with Crippen molar-refractivity contribution in [3.05, 3.63) is 29.3 Å². The lowest BCUT2D eigenvalue weighted by molar-refractivity contribution is -0.274. The number of benzene rings is 1. The molecule has 0 heterocycles. The van der Waals surface area contributed by atoms with Gasteiger partial charge in [-0.05, 0) is 47.4 Å². The summed E-state index contributed by atoms with van der Waals surface area (Å²) in [5.74, 6) is 0.286. The van der Waals surface area contributed by atoms with E-state index in [1.54, 1.807) is 12.1 Å². The average Bonchev–Trinajstić information content (AvgIpc) is 2.95. The van der Waals surface area contributed by atoms with Crippen LogP contribution in [0.3, 0.4) is 0 Å². The molecule has 2 rings (SSSR count). The molecule has 1 fully saturated rings. The van der Waals surface area contributed by atoms with Gasteiger partial charge in [0.25, 0.3) is 0 Å². The molecule has 0 unspecified atom stereocenters. The molecule has 18 heavy (non-hydrogen) atoms. The summed E-state index contributed by atoms with van der Waals surface area (Å²) in [5.41, 5.74) is 2.05. The molecule has 0 radical (unpaired) electrons. The zero-order chi connectivity index (χ0) is 13.6. The lowest BCUT2D eigenvalue weighted by Gasteiger charge is -2.24. The van der Waals surface area contributed by atoms with Crippen molar-refractivity contribution < 1.29 is 17.9 Å². The summed E-state index contributed by atoms with van der Waals surface area (Å²) in [6, 6.07) is 4.71. The minimum absolute atomic E-state index is 0.0608. The van der Waals surface area contributed by atoms with Crippen molar-refractivity contribution in [3.63, 3.8) is 0 Å². The molecule has 0 bridgehead atoms. The van der Waals surface area contributed by atoms with E-state index in [0.29, 0.717) is 5.92 Å². The SMILES string of the molecule is CC(C)(C)c1ccc(OC(F)(F)F)cc1C1CC1. The Morgan fingerprint density at radius 1 is 1.11 bits per heavy atom. The second-order valence-electron chi connectivity index (χ2n) is 5.82. The average molecular weight is 258 g/mol. The van der Waals surface area contributed by atoms with Gasteiger partial charge in [0.1, 0.15) is 5.75 Å². The Hall–Kier alpha value is -1.19. The first-order valence-electron chi connectivity index (χ1n) is 6.07. The standard InChI is InChI=1S/C14H17F3O/c1-13(2,3)12-7-6-10(18-14(15,16)17)8-11(12)9-4-5-9/h6-9H,4-5H2,1-3H3. The van der Waals surface area contributed by atoms with Gasteiger partial charge < -0.3 is 4.74 Å². The molecule has 1 aliphatic carbocycles. The van der Waals surface area contributed by atoms with E-state index in [1.807, 2.05) is 0 Å². The number of hydrogen-bond donors (Lipinski definition) is 0. The van der Waals surface area contributed by atoms with Gasteiger partial charge in [-0.15, -0.1) is 13.2 Å². The Bertz CT molecular complexity index is 439. The highest BCUT2D eigenvalue weighted by molar-refractivity contribution is 5.43. The molecule has 100 valence electrons. The summed E-state index contributed by atoms with van der Waals surface area (Å²) >= 11 is 0. The normalized spacial score (nSPS) is 16.8. The number of hydrogen-bond acceptors (Lipinski definition) is 1. The van der Waals surface area contributed by atoms with Crippen LogP contribution in [0, 0.1) is 0 Å². The number of halogens is 3. The van der Waals surface area contributed by atoms with Crippen molar-refractivity contribution in [1.82, 2.24) is 0 Å². The summed E-state index contributed by atoms with van der Waals surface area (Å²) < 4.78 is 40.6. The quantitative estimate of drug-likeness (QED) is 0.743. The van der Waals surface area contributed by atoms with Gasteiger partial charge in [0.05, 0.1) is 0 Å². The number of rotatable bonds is 2. The predicted molar refractivity (Wildman–Crippen MR) is 63.8 cm³/mol. The van der Waals surface area contributed by atoms with Crippen LogP contribution in [0.15, 0.2) is 18.2 Å². The van der Waals surface area contributed by atoms with Gasteiger partial charge in [0, 0.05) is 0 Å². The first-order chi connectivity index (χ1) is 8.17. The minimum atomic E-state index is -4.62. The first-order valence-corrected chi connectivity index (χ1v) is 6.07. The Morgan fingerprint density at radius 3 is 2.17 bits per heavy atom. The van der Waals surface area contributed by atoms with E-state index in [4.69, 9.17) is 0 Å². The highest BCUT2D eigenvalue weighted by atomic mass is 19.4. The maximum absolute atomic E-state index is 12.2. The van der Waals surface area contributed by atoms with E-state index in [2.05, 4.69) is 25.5 Å². The summed E-state index contributed by atoms with van der Waals surface area (Å²) in [6.07, 6.45) is -2.51. The molecule has 0 spiro atoms. The van der Waals surface area contributed by atoms with E-state index in [-0.39, 0.29) is 11.2 Å². The van der Waals surface area contributed by atoms with E-state index >= 15 is 0 Å². The van der Waals surface area contributed by atoms with Crippen LogP contribution in [0.25, 0.3) is 0 Å². The fraction of sp³-hybridized carbons (Fsp3) is 0.571. The highest BCUT2D eigenvalue weighted by Crippen LogP contribution is 2.45. The fourth-order valence-electron chi connectivity index (χ4n) is 2.15. The Kier molecular flexibility index (Phi) is 3.07. The van der Waals surface area contributed by atoms with Gasteiger partial charge in [-0.3, -0.25) is 0 Å². The molecule has 1 aromatic carbocycles. The molecule has 0 aliphatic heterocycles. The van der Waals surface area contributed by atoms with Gasteiger partial charge in [0.15, 0.2) is 0 Å². The largest absolute Gasteiger partial charge is 0.573 e. The molecule has 0 saturated heterocycles. The van der Waals surface area contributed by atoms with Crippen LogP contribution in [-0.4, -0.2) is 6.36 Å². The summed E-state index contributed by atoms with van der Waals surface area (Å²) in [5, 5.41) is 0. The van der Waals surface area contributed by atoms with E-state index in [0.717, 1.165) is 24.0 Å². The lowest BCUT2D eigenvalue weighted by atomic mass is 9.82. The van der Waals surface area contributed by atoms with Gasteiger partial charge in [-0.25, -0.2) is 0 Å². The summed E-state index contributed by atoms with van der Waals surface area (Å²) in [7, 11) is 0. The molecule has 0 atom stereocenters. The zero-order valence-electron chi connectivity index (χ0n) is 10.8. The predicted octanol–water partition coefficient (Wildman–Crippen LogP) is 4.76. The summed E-state index contributed by atoms with van der Waals surface area (Å²) in [6.45, 7) is 6.20. The van der Waals surface area contributed by atoms with Crippen LogP contribution in [0.2, 0.25) is 0 Å². The Balaban J connectivity index is 2.35. The van der Waals surface area contributed by atoms with Crippen molar-refractivity contribution in [2.45, 2.75) is 51.3 Å². The second-order valence-corrected chi connectivity index (χ2v) is 5.82. The molecule has 0 aromatic heterocycles. The smallest absolute Gasteiger partial charge is 0.406 e. The maximum atomic E-state index is 12.2. The molecule has 1 aliphatic rings. The van der Waals surface area contributed by atoms with Gasteiger partial charge in [-0.1, -0.05) is 26.8 Å². The van der Waals surface area contributed by atoms with E-state index < -0.39 is 6.36 Å². The molecule has 1 saturated carbocycles. The third-order valence-corrected chi connectivity index (χ3v) is 3.08. The number of ether oxygens (including phenoxy) is 1. The third-order valence-electron chi connectivity index (χ3n) is 3.08. The molecule has 4 heteroatoms. The van der Waals surface area contributed by atoms with Gasteiger partial charge in [0.2, 0.25) is 0 Å². The van der Waals surface area contributed by atoms with Crippen molar-refractivity contribution in [2.24, 2.45) is 0 Å². The fourth-order valence-corrected chi connectivity index (χ4v) is 2.15. The maximum Gasteiger partial charge on any atom is 0.573 e. The summed E-state index contributed by atoms with van der Waals surface area (Å²) in [4.78, 5) is 0. The Morgan fingerprint density at radius 2 is 1.72 bits per heavy atom. The molecule has 0 amide bonds. The minimum Gasteiger partial charge on any atom is -0.406 e. The van der Waals surface area contributed by atoms with Crippen LogP contribution < -0.4 is 4.74 Å². The number of alkyl halides is 3. The van der Waals surface area contributed by atoms with Crippen LogP contribution in [-0.2, 0) is 5.41 Å². The molecule has 0 N–H and O–H groups in total. The first kappa shape index (κ1) is 13.2. The van der Waals surface area contributed by atoms with E-state index in [9.17, 15) is 13.2 Å². The monoisotopic (exact) mass is 258 g/mol. The van der Waals surface area contributed by atoms with Crippen molar-refractivity contribution in [3.8, 4) is 5.75 Å².